The molecular weight excluding hydrogens is 292 g/mol. The lowest BCUT2D eigenvalue weighted by Crippen LogP contribution is -2.36. The summed E-state index contributed by atoms with van der Waals surface area (Å²) in [4.78, 5) is 15.7. The van der Waals surface area contributed by atoms with E-state index in [0.717, 1.165) is 43.1 Å². The van der Waals surface area contributed by atoms with Gasteiger partial charge in [0.1, 0.15) is 0 Å². The second kappa shape index (κ2) is 5.79. The van der Waals surface area contributed by atoms with Crippen LogP contribution in [0.3, 0.4) is 0 Å². The van der Waals surface area contributed by atoms with Crippen LogP contribution in [0.15, 0.2) is 6.07 Å². The van der Waals surface area contributed by atoms with Gasteiger partial charge in [-0.1, -0.05) is 0 Å². The molecule has 7 nitrogen and oxygen atoms in total. The molecule has 0 bridgehead atoms. The summed E-state index contributed by atoms with van der Waals surface area (Å²) < 4.78 is 2.10. The molecule has 4 rings (SSSR count). The molecule has 0 aromatic carbocycles. The Hall–Kier alpha value is -1.60. The number of carbonyl (C=O) groups is 1. The van der Waals surface area contributed by atoms with Gasteiger partial charge in [0.05, 0.1) is 24.5 Å². The number of hydrogen-bond donors (Lipinski definition) is 2. The molecule has 1 aliphatic carbocycles. The predicted molar refractivity (Wildman–Crippen MR) is 86.8 cm³/mol. The van der Waals surface area contributed by atoms with Crippen LogP contribution in [0.1, 0.15) is 11.4 Å². The zero-order valence-electron chi connectivity index (χ0n) is 14.0. The number of amides is 2. The molecule has 1 saturated heterocycles. The average molecular weight is 318 g/mol. The summed E-state index contributed by atoms with van der Waals surface area (Å²) in [6.07, 6.45) is 0. The van der Waals surface area contributed by atoms with Crippen molar-refractivity contribution >= 4 is 6.03 Å². The van der Waals surface area contributed by atoms with E-state index in [4.69, 9.17) is 0 Å². The van der Waals surface area contributed by atoms with Crippen LogP contribution >= 0.6 is 0 Å². The first kappa shape index (κ1) is 15.0. The van der Waals surface area contributed by atoms with Crippen LogP contribution in [-0.4, -0.2) is 65.9 Å². The molecule has 3 heterocycles. The predicted octanol–water partition coefficient (Wildman–Crippen LogP) is -0.0647. The van der Waals surface area contributed by atoms with Crippen LogP contribution < -0.4 is 10.6 Å². The van der Waals surface area contributed by atoms with Gasteiger partial charge in [-0.3, -0.25) is 9.58 Å². The van der Waals surface area contributed by atoms with Crippen molar-refractivity contribution < 1.29 is 4.79 Å². The van der Waals surface area contributed by atoms with Gasteiger partial charge in [0, 0.05) is 33.7 Å². The van der Waals surface area contributed by atoms with Gasteiger partial charge in [-0.15, -0.1) is 0 Å². The van der Waals surface area contributed by atoms with Gasteiger partial charge < -0.3 is 15.5 Å². The number of nitrogens with zero attached hydrogens (tertiary/aromatic N) is 4. The molecule has 1 saturated carbocycles. The van der Waals surface area contributed by atoms with Crippen molar-refractivity contribution in [3.8, 4) is 0 Å². The van der Waals surface area contributed by atoms with E-state index in [-0.39, 0.29) is 6.03 Å². The molecule has 23 heavy (non-hydrogen) atoms. The largest absolute Gasteiger partial charge is 0.332 e. The smallest absolute Gasteiger partial charge is 0.317 e. The molecule has 2 fully saturated rings. The number of urea groups is 1. The summed E-state index contributed by atoms with van der Waals surface area (Å²) in [7, 11) is 3.49. The van der Waals surface area contributed by atoms with Gasteiger partial charge >= 0.3 is 6.03 Å². The van der Waals surface area contributed by atoms with Crippen molar-refractivity contribution in [1.82, 2.24) is 30.2 Å². The SMILES string of the molecule is CN(C)C(=O)NCc1cc2n(n1)CCN(CC1C3CNCC31)C2. The van der Waals surface area contributed by atoms with Crippen molar-refractivity contribution in [2.24, 2.45) is 17.8 Å². The standard InChI is InChI=1S/C16H26N6O/c1-20(2)16(23)18-6-11-5-12-9-21(3-4-22(12)19-11)10-15-13-7-17-8-14(13)15/h5,13-15,17H,3-4,6-10H2,1-2H3,(H,18,23). The monoisotopic (exact) mass is 318 g/mol. The van der Waals surface area contributed by atoms with E-state index in [1.54, 1.807) is 19.0 Å². The second-order valence-electron chi connectivity index (χ2n) is 7.29. The van der Waals surface area contributed by atoms with Gasteiger partial charge in [-0.25, -0.2) is 4.79 Å². The molecule has 0 radical (unpaired) electrons. The molecule has 7 heteroatoms. The zero-order chi connectivity index (χ0) is 16.0. The highest BCUT2D eigenvalue weighted by molar-refractivity contribution is 5.73. The first-order valence-electron chi connectivity index (χ1n) is 8.55. The van der Waals surface area contributed by atoms with E-state index in [9.17, 15) is 4.79 Å². The summed E-state index contributed by atoms with van der Waals surface area (Å²) in [6, 6.07) is 2.06. The highest BCUT2D eigenvalue weighted by Crippen LogP contribution is 2.49. The maximum Gasteiger partial charge on any atom is 0.317 e. The second-order valence-corrected chi connectivity index (χ2v) is 7.29. The molecule has 1 aromatic heterocycles. The Morgan fingerprint density at radius 3 is 2.91 bits per heavy atom. The number of piperidine rings is 1. The highest BCUT2D eigenvalue weighted by atomic mass is 16.2. The third kappa shape index (κ3) is 2.95. The first-order chi connectivity index (χ1) is 11.1. The van der Waals surface area contributed by atoms with Crippen LogP contribution in [0.25, 0.3) is 0 Å². The number of rotatable bonds is 4. The topological polar surface area (TPSA) is 65.4 Å². The van der Waals surface area contributed by atoms with Crippen molar-refractivity contribution in [3.05, 3.63) is 17.5 Å². The summed E-state index contributed by atoms with van der Waals surface area (Å²) >= 11 is 0. The molecular formula is C16H26N6O. The Morgan fingerprint density at radius 2 is 2.17 bits per heavy atom. The minimum Gasteiger partial charge on any atom is -0.332 e. The van der Waals surface area contributed by atoms with E-state index in [1.165, 1.54) is 25.3 Å². The Bertz CT molecular complexity index is 587. The van der Waals surface area contributed by atoms with Crippen LogP contribution in [-0.2, 0) is 19.6 Å². The van der Waals surface area contributed by atoms with Gasteiger partial charge in [0.2, 0.25) is 0 Å². The third-order valence-corrected chi connectivity index (χ3v) is 5.49. The minimum absolute atomic E-state index is 0.0773. The summed E-state index contributed by atoms with van der Waals surface area (Å²) in [5, 5.41) is 11.0. The van der Waals surface area contributed by atoms with E-state index in [2.05, 4.69) is 31.4 Å². The average Bonchev–Trinajstić information content (AvgIpc) is 2.94. The molecule has 2 amide bonds. The fourth-order valence-corrected chi connectivity index (χ4v) is 4.06. The molecule has 0 spiro atoms. The Morgan fingerprint density at radius 1 is 1.39 bits per heavy atom. The lowest BCUT2D eigenvalue weighted by molar-refractivity contribution is 0.197. The molecule has 2 aliphatic heterocycles. The Kier molecular flexibility index (Phi) is 3.77. The Balaban J connectivity index is 1.31. The van der Waals surface area contributed by atoms with E-state index < -0.39 is 0 Å². The van der Waals surface area contributed by atoms with E-state index in [0.29, 0.717) is 6.54 Å². The molecule has 2 unspecified atom stereocenters. The van der Waals surface area contributed by atoms with Crippen molar-refractivity contribution in [2.75, 3.05) is 40.3 Å². The van der Waals surface area contributed by atoms with Crippen molar-refractivity contribution in [2.45, 2.75) is 19.6 Å². The van der Waals surface area contributed by atoms with E-state index >= 15 is 0 Å². The van der Waals surface area contributed by atoms with Crippen LogP contribution in [0.2, 0.25) is 0 Å². The maximum atomic E-state index is 11.6. The van der Waals surface area contributed by atoms with Crippen LogP contribution in [0.5, 0.6) is 0 Å². The summed E-state index contributed by atoms with van der Waals surface area (Å²) in [5.41, 5.74) is 2.22. The van der Waals surface area contributed by atoms with Crippen molar-refractivity contribution in [3.63, 3.8) is 0 Å². The number of aromatic nitrogens is 2. The number of nitrogens with one attached hydrogen (secondary N) is 2. The number of hydrogen-bond acceptors (Lipinski definition) is 4. The van der Waals surface area contributed by atoms with E-state index in [1.807, 2.05) is 0 Å². The fraction of sp³-hybridized carbons (Fsp3) is 0.750. The molecule has 2 N–H and O–H groups in total. The highest BCUT2D eigenvalue weighted by Gasteiger charge is 2.52. The maximum absolute atomic E-state index is 11.6. The number of carbonyl (C=O) groups excluding carboxylic acids is 1. The first-order valence-corrected chi connectivity index (χ1v) is 8.55. The summed E-state index contributed by atoms with van der Waals surface area (Å²) in [6.45, 7) is 7.19. The molecule has 3 aliphatic rings. The lowest BCUT2D eigenvalue weighted by atomic mass is 10.2. The molecule has 126 valence electrons. The van der Waals surface area contributed by atoms with Crippen molar-refractivity contribution in [1.29, 1.82) is 0 Å². The van der Waals surface area contributed by atoms with Gasteiger partial charge in [-0.05, 0) is 36.9 Å². The quantitative estimate of drug-likeness (QED) is 0.816. The minimum atomic E-state index is -0.0773. The normalized spacial score (nSPS) is 29.0. The van der Waals surface area contributed by atoms with Gasteiger partial charge in [-0.2, -0.15) is 5.10 Å². The molecule has 2 atom stereocenters. The van der Waals surface area contributed by atoms with Gasteiger partial charge in [0.25, 0.3) is 0 Å². The van der Waals surface area contributed by atoms with Crippen LogP contribution in [0, 0.1) is 17.8 Å². The fourth-order valence-electron chi connectivity index (χ4n) is 4.06. The zero-order valence-corrected chi connectivity index (χ0v) is 14.0. The Labute approximate surface area is 137 Å². The van der Waals surface area contributed by atoms with Crippen LogP contribution in [0.4, 0.5) is 4.79 Å². The molecule has 1 aromatic rings. The summed E-state index contributed by atoms with van der Waals surface area (Å²) in [5.74, 6) is 2.77. The lowest BCUT2D eigenvalue weighted by Gasteiger charge is -2.28. The third-order valence-electron chi connectivity index (χ3n) is 5.49. The number of fused-ring (bicyclic) bond motifs is 2. The van der Waals surface area contributed by atoms with Gasteiger partial charge in [0.15, 0.2) is 0 Å².